The van der Waals surface area contributed by atoms with Crippen LogP contribution >= 0.6 is 0 Å². The molecule has 0 amide bonds. The first-order valence-corrected chi connectivity index (χ1v) is 5.99. The van der Waals surface area contributed by atoms with E-state index in [9.17, 15) is 4.39 Å². The molecular formula is C14H17FN2O2. The van der Waals surface area contributed by atoms with E-state index in [-0.39, 0.29) is 17.6 Å². The predicted molar refractivity (Wildman–Crippen MR) is 70.2 cm³/mol. The van der Waals surface area contributed by atoms with Crippen molar-refractivity contribution in [3.8, 4) is 5.75 Å². The lowest BCUT2D eigenvalue weighted by Crippen LogP contribution is -2.30. The smallest absolute Gasteiger partial charge is 0.168 e. The van der Waals surface area contributed by atoms with E-state index in [4.69, 9.17) is 15.0 Å². The molecule has 1 atom stereocenters. The van der Waals surface area contributed by atoms with Crippen molar-refractivity contribution in [3.63, 3.8) is 0 Å². The van der Waals surface area contributed by atoms with Crippen LogP contribution in [0.2, 0.25) is 0 Å². The van der Waals surface area contributed by atoms with Crippen molar-refractivity contribution in [1.29, 1.82) is 0 Å². The topological polar surface area (TPSA) is 60.4 Å². The lowest BCUT2D eigenvalue weighted by Gasteiger charge is -2.15. The minimum absolute atomic E-state index is 0.226. The quantitative estimate of drug-likeness (QED) is 0.643. The number of aryl methyl sites for hydroxylation is 1. The first-order valence-electron chi connectivity index (χ1n) is 5.99. The minimum Gasteiger partial charge on any atom is -0.494 e. The fraction of sp³-hybridized carbons (Fsp3) is 0.286. The van der Waals surface area contributed by atoms with Crippen LogP contribution in [0, 0.1) is 12.7 Å². The zero-order chi connectivity index (χ0) is 13.8. The van der Waals surface area contributed by atoms with E-state index in [1.165, 1.54) is 7.11 Å². The summed E-state index contributed by atoms with van der Waals surface area (Å²) in [6.07, 6.45) is 1.98. The van der Waals surface area contributed by atoms with Crippen molar-refractivity contribution in [2.24, 2.45) is 5.84 Å². The maximum absolute atomic E-state index is 14.1. The third kappa shape index (κ3) is 2.77. The molecule has 102 valence electrons. The Morgan fingerprint density at radius 2 is 2.21 bits per heavy atom. The number of rotatable bonds is 5. The summed E-state index contributed by atoms with van der Waals surface area (Å²) in [6.45, 7) is 1.92. The maximum atomic E-state index is 14.1. The Hall–Kier alpha value is -1.85. The van der Waals surface area contributed by atoms with Crippen LogP contribution in [0.15, 0.2) is 34.9 Å². The number of furan rings is 1. The van der Waals surface area contributed by atoms with Gasteiger partial charge in [-0.1, -0.05) is 12.1 Å². The summed E-state index contributed by atoms with van der Waals surface area (Å²) in [6, 6.07) is 6.61. The first-order chi connectivity index (χ1) is 9.17. The Labute approximate surface area is 111 Å². The van der Waals surface area contributed by atoms with Crippen LogP contribution in [0.5, 0.6) is 5.75 Å². The van der Waals surface area contributed by atoms with Gasteiger partial charge in [-0.2, -0.15) is 0 Å². The van der Waals surface area contributed by atoms with Gasteiger partial charge in [0.2, 0.25) is 0 Å². The van der Waals surface area contributed by atoms with Crippen molar-refractivity contribution in [1.82, 2.24) is 5.43 Å². The molecule has 0 fully saturated rings. The van der Waals surface area contributed by atoms with Gasteiger partial charge in [-0.3, -0.25) is 5.84 Å². The van der Waals surface area contributed by atoms with Gasteiger partial charge in [-0.25, -0.2) is 9.82 Å². The molecule has 5 heteroatoms. The van der Waals surface area contributed by atoms with Crippen LogP contribution < -0.4 is 16.0 Å². The van der Waals surface area contributed by atoms with E-state index in [2.05, 4.69) is 5.43 Å². The molecule has 1 aromatic carbocycles. The number of methoxy groups -OCH3 is 1. The van der Waals surface area contributed by atoms with Gasteiger partial charge in [-0.05, 0) is 36.6 Å². The molecule has 0 radical (unpaired) electrons. The molecule has 0 bridgehead atoms. The standard InChI is InChI=1S/C14H17FN2O2/c1-9-6-7-19-14(9)11(17-16)8-10-4-3-5-12(18-2)13(10)15/h3-7,11,17H,8,16H2,1-2H3. The van der Waals surface area contributed by atoms with Crippen LogP contribution in [0.1, 0.15) is 22.9 Å². The van der Waals surface area contributed by atoms with E-state index >= 15 is 0 Å². The molecule has 1 unspecified atom stereocenters. The minimum atomic E-state index is -0.366. The summed E-state index contributed by atoms with van der Waals surface area (Å²) in [7, 11) is 1.44. The molecule has 0 saturated carbocycles. The zero-order valence-electron chi connectivity index (χ0n) is 10.9. The molecule has 2 rings (SSSR count). The number of hydrazine groups is 1. The summed E-state index contributed by atoms with van der Waals surface area (Å²) in [4.78, 5) is 0. The normalized spacial score (nSPS) is 12.4. The van der Waals surface area contributed by atoms with Crippen LogP contribution in [0.25, 0.3) is 0 Å². The summed E-state index contributed by atoms with van der Waals surface area (Å²) < 4.78 is 24.4. The summed E-state index contributed by atoms with van der Waals surface area (Å²) >= 11 is 0. The Bertz CT molecular complexity index is 554. The third-order valence-corrected chi connectivity index (χ3v) is 3.11. The number of nitrogens with one attached hydrogen (secondary N) is 1. The second kappa shape index (κ2) is 5.86. The van der Waals surface area contributed by atoms with Crippen molar-refractivity contribution >= 4 is 0 Å². The van der Waals surface area contributed by atoms with Crippen LogP contribution in [-0.2, 0) is 6.42 Å². The van der Waals surface area contributed by atoms with Gasteiger partial charge in [-0.15, -0.1) is 0 Å². The number of halogens is 1. The third-order valence-electron chi connectivity index (χ3n) is 3.11. The monoisotopic (exact) mass is 264 g/mol. The fourth-order valence-electron chi connectivity index (χ4n) is 2.06. The maximum Gasteiger partial charge on any atom is 0.168 e. The summed E-state index contributed by atoms with van der Waals surface area (Å²) in [5.41, 5.74) is 4.16. The molecule has 1 aromatic heterocycles. The van der Waals surface area contributed by atoms with Gasteiger partial charge in [0.05, 0.1) is 19.4 Å². The molecule has 2 aromatic rings. The van der Waals surface area contributed by atoms with E-state index in [1.54, 1.807) is 24.5 Å². The lowest BCUT2D eigenvalue weighted by molar-refractivity contribution is 0.377. The SMILES string of the molecule is COc1cccc(CC(NN)c2occc2C)c1F. The molecule has 3 N–H and O–H groups in total. The average molecular weight is 264 g/mol. The Morgan fingerprint density at radius 3 is 2.79 bits per heavy atom. The van der Waals surface area contributed by atoms with Crippen LogP contribution in [0.3, 0.4) is 0 Å². The number of nitrogens with two attached hydrogens (primary N) is 1. The largest absolute Gasteiger partial charge is 0.494 e. The molecule has 0 aliphatic heterocycles. The number of benzene rings is 1. The Morgan fingerprint density at radius 1 is 1.42 bits per heavy atom. The molecule has 19 heavy (non-hydrogen) atoms. The van der Waals surface area contributed by atoms with Crippen molar-refractivity contribution in [3.05, 3.63) is 53.2 Å². The average Bonchev–Trinajstić information content (AvgIpc) is 2.84. The van der Waals surface area contributed by atoms with Crippen molar-refractivity contribution in [2.75, 3.05) is 7.11 Å². The number of hydrogen-bond donors (Lipinski definition) is 2. The fourth-order valence-corrected chi connectivity index (χ4v) is 2.06. The van der Waals surface area contributed by atoms with E-state index in [1.807, 2.05) is 13.0 Å². The highest BCUT2D eigenvalue weighted by Gasteiger charge is 2.19. The van der Waals surface area contributed by atoms with Crippen LogP contribution in [0.4, 0.5) is 4.39 Å². The Kier molecular flexibility index (Phi) is 4.19. The highest BCUT2D eigenvalue weighted by atomic mass is 19.1. The molecular weight excluding hydrogens is 247 g/mol. The molecule has 0 saturated heterocycles. The predicted octanol–water partition coefficient (Wildman–Crippen LogP) is 2.48. The van der Waals surface area contributed by atoms with Gasteiger partial charge in [0, 0.05) is 0 Å². The second-order valence-electron chi connectivity index (χ2n) is 4.32. The van der Waals surface area contributed by atoms with Gasteiger partial charge in [0.15, 0.2) is 11.6 Å². The molecule has 0 aliphatic carbocycles. The molecule has 4 nitrogen and oxygen atoms in total. The second-order valence-corrected chi connectivity index (χ2v) is 4.32. The van der Waals surface area contributed by atoms with E-state index in [0.717, 1.165) is 5.56 Å². The summed E-state index contributed by atoms with van der Waals surface area (Å²) in [5.74, 6) is 6.11. The molecule has 0 aliphatic rings. The zero-order valence-corrected chi connectivity index (χ0v) is 10.9. The van der Waals surface area contributed by atoms with Crippen molar-refractivity contribution in [2.45, 2.75) is 19.4 Å². The van der Waals surface area contributed by atoms with Gasteiger partial charge >= 0.3 is 0 Å². The number of ether oxygens (including phenoxy) is 1. The van der Waals surface area contributed by atoms with Gasteiger partial charge in [0.25, 0.3) is 0 Å². The summed E-state index contributed by atoms with van der Waals surface area (Å²) in [5, 5.41) is 0. The van der Waals surface area contributed by atoms with Crippen LogP contribution in [-0.4, -0.2) is 7.11 Å². The van der Waals surface area contributed by atoms with Gasteiger partial charge < -0.3 is 9.15 Å². The lowest BCUT2D eigenvalue weighted by atomic mass is 10.0. The first kappa shape index (κ1) is 13.6. The highest BCUT2D eigenvalue weighted by Crippen LogP contribution is 2.26. The Balaban J connectivity index is 2.27. The van der Waals surface area contributed by atoms with E-state index in [0.29, 0.717) is 17.7 Å². The van der Waals surface area contributed by atoms with Crippen molar-refractivity contribution < 1.29 is 13.5 Å². The molecule has 0 spiro atoms. The molecule has 1 heterocycles. The van der Waals surface area contributed by atoms with Gasteiger partial charge in [0.1, 0.15) is 5.76 Å². The van der Waals surface area contributed by atoms with E-state index < -0.39 is 0 Å². The number of hydrogen-bond acceptors (Lipinski definition) is 4. The highest BCUT2D eigenvalue weighted by molar-refractivity contribution is 5.32.